The fourth-order valence-corrected chi connectivity index (χ4v) is 2.54. The summed E-state index contributed by atoms with van der Waals surface area (Å²) in [4.78, 5) is 6.57. The number of nitrogens with zero attached hydrogens (tertiary/aromatic N) is 2. The zero-order chi connectivity index (χ0) is 11.5. The van der Waals surface area contributed by atoms with Crippen molar-refractivity contribution in [3.05, 3.63) is 24.0 Å². The Bertz CT molecular complexity index is 352. The molecule has 0 radical (unpaired) electrons. The Labute approximate surface area is 97.1 Å². The molecule has 1 aromatic rings. The predicted molar refractivity (Wildman–Crippen MR) is 65.4 cm³/mol. The summed E-state index contributed by atoms with van der Waals surface area (Å²) in [6.45, 7) is 5.69. The number of aliphatic hydroxyl groups is 1. The van der Waals surface area contributed by atoms with Crippen LogP contribution in [0.3, 0.4) is 0 Å². The van der Waals surface area contributed by atoms with Crippen LogP contribution in [0.2, 0.25) is 0 Å². The molecule has 0 bridgehead atoms. The smallest absolute Gasteiger partial charge is 0.0853 e. The van der Waals surface area contributed by atoms with Crippen molar-refractivity contribution in [2.75, 3.05) is 11.4 Å². The van der Waals surface area contributed by atoms with Crippen molar-refractivity contribution in [2.24, 2.45) is 5.92 Å². The lowest BCUT2D eigenvalue weighted by atomic mass is 10.0. The quantitative estimate of drug-likeness (QED) is 0.848. The molecule has 1 fully saturated rings. The Morgan fingerprint density at radius 1 is 1.56 bits per heavy atom. The molecule has 2 heterocycles. The molecule has 0 spiro atoms. The predicted octanol–water partition coefficient (Wildman–Crippen LogP) is 2.20. The van der Waals surface area contributed by atoms with Gasteiger partial charge in [0.25, 0.3) is 0 Å². The minimum Gasteiger partial charge on any atom is -0.390 e. The van der Waals surface area contributed by atoms with E-state index < -0.39 is 0 Å². The Morgan fingerprint density at radius 2 is 2.38 bits per heavy atom. The van der Waals surface area contributed by atoms with Crippen LogP contribution in [0.15, 0.2) is 18.3 Å². The van der Waals surface area contributed by atoms with Crippen LogP contribution in [0.1, 0.15) is 32.4 Å². The molecule has 1 aliphatic rings. The second-order valence-electron chi connectivity index (χ2n) is 4.81. The maximum Gasteiger partial charge on any atom is 0.0853 e. The summed E-state index contributed by atoms with van der Waals surface area (Å²) in [5.74, 6) is 0.674. The van der Waals surface area contributed by atoms with Gasteiger partial charge in [-0.15, -0.1) is 0 Å². The zero-order valence-electron chi connectivity index (χ0n) is 10.1. The monoisotopic (exact) mass is 220 g/mol. The molecule has 1 N–H and O–H groups in total. The third-order valence-corrected chi connectivity index (χ3v) is 3.36. The van der Waals surface area contributed by atoms with Crippen LogP contribution in [0, 0.1) is 5.92 Å². The van der Waals surface area contributed by atoms with Crippen LogP contribution in [-0.4, -0.2) is 22.7 Å². The van der Waals surface area contributed by atoms with Gasteiger partial charge in [0.1, 0.15) is 0 Å². The molecule has 0 saturated carbocycles. The van der Waals surface area contributed by atoms with E-state index in [0.29, 0.717) is 12.0 Å². The summed E-state index contributed by atoms with van der Waals surface area (Å²) in [6, 6.07) is 4.68. The normalized spacial score (nSPS) is 20.8. The lowest BCUT2D eigenvalue weighted by Crippen LogP contribution is -2.33. The number of hydrogen-bond donors (Lipinski definition) is 1. The van der Waals surface area contributed by atoms with E-state index in [1.54, 1.807) is 6.20 Å². The standard InChI is InChI=1S/C13H20N2O/c1-10(2)13-4-3-7-15(13)12-5-6-14-11(8-12)9-16/h5-6,8,10,13,16H,3-4,7,9H2,1-2H3. The maximum absolute atomic E-state index is 9.10. The number of pyridine rings is 1. The average molecular weight is 220 g/mol. The summed E-state index contributed by atoms with van der Waals surface area (Å²) >= 11 is 0. The molecule has 3 nitrogen and oxygen atoms in total. The van der Waals surface area contributed by atoms with Gasteiger partial charge >= 0.3 is 0 Å². The molecule has 1 aliphatic heterocycles. The third kappa shape index (κ3) is 2.19. The largest absolute Gasteiger partial charge is 0.390 e. The molecule has 2 rings (SSSR count). The van der Waals surface area contributed by atoms with E-state index in [4.69, 9.17) is 5.11 Å². The van der Waals surface area contributed by atoms with E-state index in [9.17, 15) is 0 Å². The lowest BCUT2D eigenvalue weighted by Gasteiger charge is -2.29. The van der Waals surface area contributed by atoms with E-state index in [1.807, 2.05) is 12.1 Å². The van der Waals surface area contributed by atoms with Crippen molar-refractivity contribution >= 4 is 5.69 Å². The molecule has 0 aliphatic carbocycles. The maximum atomic E-state index is 9.10. The molecule has 0 amide bonds. The highest BCUT2D eigenvalue weighted by Gasteiger charge is 2.27. The van der Waals surface area contributed by atoms with Gasteiger partial charge in [-0.2, -0.15) is 0 Å². The number of rotatable bonds is 3. The number of aliphatic hydroxyl groups excluding tert-OH is 1. The van der Waals surface area contributed by atoms with Crippen molar-refractivity contribution in [3.8, 4) is 0 Å². The fourth-order valence-electron chi connectivity index (χ4n) is 2.54. The second-order valence-corrected chi connectivity index (χ2v) is 4.81. The average Bonchev–Trinajstić information content (AvgIpc) is 2.78. The summed E-state index contributed by atoms with van der Waals surface area (Å²) < 4.78 is 0. The van der Waals surface area contributed by atoms with Gasteiger partial charge < -0.3 is 10.0 Å². The molecule has 1 saturated heterocycles. The van der Waals surface area contributed by atoms with Crippen LogP contribution in [0.25, 0.3) is 0 Å². The minimum absolute atomic E-state index is 0.0219. The zero-order valence-corrected chi connectivity index (χ0v) is 10.1. The number of aromatic nitrogens is 1. The topological polar surface area (TPSA) is 36.4 Å². The van der Waals surface area contributed by atoms with E-state index >= 15 is 0 Å². The van der Waals surface area contributed by atoms with Crippen LogP contribution in [-0.2, 0) is 6.61 Å². The molecule has 1 unspecified atom stereocenters. The summed E-state index contributed by atoms with van der Waals surface area (Å²) in [6.07, 6.45) is 4.32. The summed E-state index contributed by atoms with van der Waals surface area (Å²) in [7, 11) is 0. The van der Waals surface area contributed by atoms with Gasteiger partial charge in [0.05, 0.1) is 12.3 Å². The highest BCUT2D eigenvalue weighted by atomic mass is 16.3. The van der Waals surface area contributed by atoms with Gasteiger partial charge in [-0.25, -0.2) is 0 Å². The Balaban J connectivity index is 2.22. The van der Waals surface area contributed by atoms with Crippen molar-refractivity contribution in [1.82, 2.24) is 4.98 Å². The first-order valence-electron chi connectivity index (χ1n) is 6.05. The van der Waals surface area contributed by atoms with Gasteiger partial charge in [-0.05, 0) is 30.9 Å². The first-order valence-corrected chi connectivity index (χ1v) is 6.05. The van der Waals surface area contributed by atoms with Gasteiger partial charge in [0, 0.05) is 24.5 Å². The summed E-state index contributed by atoms with van der Waals surface area (Å²) in [5.41, 5.74) is 1.96. The highest BCUT2D eigenvalue weighted by Crippen LogP contribution is 2.29. The van der Waals surface area contributed by atoms with Gasteiger partial charge in [-0.1, -0.05) is 13.8 Å². The van der Waals surface area contributed by atoms with Crippen molar-refractivity contribution < 1.29 is 5.11 Å². The number of anilines is 1. The Hall–Kier alpha value is -1.09. The molecule has 88 valence electrons. The van der Waals surface area contributed by atoms with E-state index in [2.05, 4.69) is 23.7 Å². The third-order valence-electron chi connectivity index (χ3n) is 3.36. The van der Waals surface area contributed by atoms with Crippen LogP contribution in [0.4, 0.5) is 5.69 Å². The second kappa shape index (κ2) is 4.83. The molecular weight excluding hydrogens is 200 g/mol. The highest BCUT2D eigenvalue weighted by molar-refractivity contribution is 5.48. The molecule has 16 heavy (non-hydrogen) atoms. The molecule has 1 aromatic heterocycles. The van der Waals surface area contributed by atoms with Gasteiger partial charge in [0.2, 0.25) is 0 Å². The first-order chi connectivity index (χ1) is 7.72. The van der Waals surface area contributed by atoms with Crippen LogP contribution >= 0.6 is 0 Å². The molecule has 0 aromatic carbocycles. The van der Waals surface area contributed by atoms with Crippen molar-refractivity contribution in [1.29, 1.82) is 0 Å². The SMILES string of the molecule is CC(C)C1CCCN1c1ccnc(CO)c1. The Kier molecular flexibility index (Phi) is 3.44. The van der Waals surface area contributed by atoms with Crippen molar-refractivity contribution in [3.63, 3.8) is 0 Å². The fraction of sp³-hybridized carbons (Fsp3) is 0.615. The first kappa shape index (κ1) is 11.4. The number of hydrogen-bond acceptors (Lipinski definition) is 3. The van der Waals surface area contributed by atoms with Crippen LogP contribution < -0.4 is 4.90 Å². The van der Waals surface area contributed by atoms with Gasteiger partial charge in [0.15, 0.2) is 0 Å². The minimum atomic E-state index is 0.0219. The van der Waals surface area contributed by atoms with Crippen LogP contribution in [0.5, 0.6) is 0 Å². The lowest BCUT2D eigenvalue weighted by molar-refractivity contribution is 0.277. The van der Waals surface area contributed by atoms with Gasteiger partial charge in [-0.3, -0.25) is 4.98 Å². The van der Waals surface area contributed by atoms with E-state index in [1.165, 1.54) is 18.5 Å². The van der Waals surface area contributed by atoms with E-state index in [-0.39, 0.29) is 6.61 Å². The molecular formula is C13H20N2O. The molecule has 3 heteroatoms. The summed E-state index contributed by atoms with van der Waals surface area (Å²) in [5, 5.41) is 9.10. The Morgan fingerprint density at radius 3 is 3.06 bits per heavy atom. The van der Waals surface area contributed by atoms with Crippen molar-refractivity contribution in [2.45, 2.75) is 39.3 Å². The molecule has 1 atom stereocenters. The van der Waals surface area contributed by atoms with E-state index in [0.717, 1.165) is 12.2 Å².